The highest BCUT2D eigenvalue weighted by Crippen LogP contribution is 2.24. The number of hydrogen-bond donors (Lipinski definition) is 5. The molecule has 0 bridgehead atoms. The van der Waals surface area contributed by atoms with Crippen LogP contribution in [0.1, 0.15) is 10.5 Å². The van der Waals surface area contributed by atoms with Gasteiger partial charge < -0.3 is 25.8 Å². The van der Waals surface area contributed by atoms with Gasteiger partial charge in [-0.25, -0.2) is 14.6 Å². The lowest BCUT2D eigenvalue weighted by Crippen LogP contribution is -2.19. The molecule has 4 rings (SSSR count). The third kappa shape index (κ3) is 4.06. The number of benzene rings is 3. The van der Waals surface area contributed by atoms with Crippen molar-refractivity contribution in [2.75, 3.05) is 10.6 Å². The lowest BCUT2D eigenvalue weighted by molar-refractivity contribution is 0.0686. The molecule has 0 aliphatic rings. The van der Waals surface area contributed by atoms with Crippen molar-refractivity contribution in [3.63, 3.8) is 0 Å². The zero-order valence-corrected chi connectivity index (χ0v) is 15.9. The molecule has 0 aliphatic carbocycles. The van der Waals surface area contributed by atoms with Gasteiger partial charge in [0.05, 0.1) is 5.69 Å². The van der Waals surface area contributed by atoms with Crippen LogP contribution in [0.3, 0.4) is 0 Å². The molecular formula is C22H16N4O5. The van der Waals surface area contributed by atoms with Crippen molar-refractivity contribution in [2.45, 2.75) is 0 Å². The molecular weight excluding hydrogens is 400 g/mol. The minimum Gasteiger partial charge on any atom is -0.501 e. The molecule has 0 aliphatic heterocycles. The smallest absolute Gasteiger partial charge is 0.358 e. The van der Waals surface area contributed by atoms with E-state index in [-0.39, 0.29) is 5.82 Å². The number of aromatic nitrogens is 2. The van der Waals surface area contributed by atoms with E-state index in [0.717, 1.165) is 10.8 Å². The fraction of sp³-hybridized carbons (Fsp3) is 0. The van der Waals surface area contributed by atoms with Gasteiger partial charge in [0, 0.05) is 16.6 Å². The molecule has 154 valence electrons. The van der Waals surface area contributed by atoms with Crippen LogP contribution in [-0.4, -0.2) is 32.2 Å². The van der Waals surface area contributed by atoms with Crippen LogP contribution >= 0.6 is 0 Å². The van der Waals surface area contributed by atoms with Gasteiger partial charge in [-0.15, -0.1) is 0 Å². The average Bonchev–Trinajstić information content (AvgIpc) is 2.75. The first-order chi connectivity index (χ1) is 14.9. The van der Waals surface area contributed by atoms with Crippen LogP contribution in [0.15, 0.2) is 71.5 Å². The number of carbonyl (C=O) groups excluding carboxylic acids is 1. The van der Waals surface area contributed by atoms with E-state index in [9.17, 15) is 19.5 Å². The number of carboxylic acid groups (broad SMARTS) is 1. The summed E-state index contributed by atoms with van der Waals surface area (Å²) in [6.07, 6.45) is 0. The van der Waals surface area contributed by atoms with Gasteiger partial charge in [-0.05, 0) is 23.6 Å². The van der Waals surface area contributed by atoms with Crippen LogP contribution in [-0.2, 0) is 0 Å². The highest BCUT2D eigenvalue weighted by molar-refractivity contribution is 6.06. The van der Waals surface area contributed by atoms with E-state index in [1.165, 1.54) is 6.07 Å². The Labute approximate surface area is 175 Å². The fourth-order valence-electron chi connectivity index (χ4n) is 3.12. The molecule has 0 unspecified atom stereocenters. The van der Waals surface area contributed by atoms with Gasteiger partial charge in [-0.1, -0.05) is 48.5 Å². The number of aromatic amines is 1. The summed E-state index contributed by atoms with van der Waals surface area (Å²) in [6.45, 7) is 0. The molecule has 1 heterocycles. The number of carbonyl (C=O) groups is 2. The second-order valence-electron chi connectivity index (χ2n) is 6.60. The molecule has 2 amide bonds. The van der Waals surface area contributed by atoms with E-state index < -0.39 is 29.0 Å². The van der Waals surface area contributed by atoms with Crippen LogP contribution in [0.25, 0.3) is 22.2 Å². The number of rotatable bonds is 4. The molecule has 0 fully saturated rings. The van der Waals surface area contributed by atoms with E-state index in [2.05, 4.69) is 20.6 Å². The molecule has 1 aromatic heterocycles. The maximum Gasteiger partial charge on any atom is 0.358 e. The summed E-state index contributed by atoms with van der Waals surface area (Å²) in [5, 5.41) is 26.1. The van der Waals surface area contributed by atoms with Gasteiger partial charge in [0.2, 0.25) is 5.75 Å². The number of nitrogens with one attached hydrogen (secondary N) is 3. The quantitative estimate of drug-likeness (QED) is 0.343. The van der Waals surface area contributed by atoms with Crippen molar-refractivity contribution < 1.29 is 19.8 Å². The largest absolute Gasteiger partial charge is 0.501 e. The molecule has 0 saturated heterocycles. The number of fused-ring (bicyclic) bond motifs is 1. The SMILES string of the molecule is O=C(Nc1cccc(-c2nc(C(=O)O)c(O)c(=O)[nH]2)c1)Nc1cccc2ccccc12. The van der Waals surface area contributed by atoms with Crippen LogP contribution < -0.4 is 16.2 Å². The number of carboxylic acids is 1. The molecule has 0 spiro atoms. The average molecular weight is 416 g/mol. The summed E-state index contributed by atoms with van der Waals surface area (Å²) < 4.78 is 0. The van der Waals surface area contributed by atoms with E-state index in [1.54, 1.807) is 24.3 Å². The standard InChI is InChI=1S/C22H16N4O5/c27-18-17(21(29)30)25-19(26-20(18)28)13-7-3-8-14(11-13)23-22(31)24-16-10-4-6-12-5-1-2-9-15(12)16/h1-11,27H,(H,29,30)(H2,23,24,31)(H,25,26,28). The van der Waals surface area contributed by atoms with Crippen LogP contribution in [0.5, 0.6) is 5.75 Å². The van der Waals surface area contributed by atoms with Gasteiger partial charge in [0.25, 0.3) is 5.56 Å². The number of nitrogens with zero attached hydrogens (tertiary/aromatic N) is 1. The van der Waals surface area contributed by atoms with Crippen LogP contribution in [0.2, 0.25) is 0 Å². The van der Waals surface area contributed by atoms with E-state index in [4.69, 9.17) is 5.11 Å². The Kier molecular flexibility index (Phi) is 5.07. The van der Waals surface area contributed by atoms with Crippen LogP contribution in [0, 0.1) is 0 Å². The zero-order chi connectivity index (χ0) is 22.0. The molecule has 0 saturated carbocycles. The van der Waals surface area contributed by atoms with Gasteiger partial charge in [-0.2, -0.15) is 0 Å². The molecule has 3 aromatic carbocycles. The molecule has 0 atom stereocenters. The number of hydrogen-bond acceptors (Lipinski definition) is 5. The Balaban J connectivity index is 1.59. The first kappa shape index (κ1) is 19.6. The minimum absolute atomic E-state index is 0.0571. The molecule has 5 N–H and O–H groups in total. The highest BCUT2D eigenvalue weighted by Gasteiger charge is 2.17. The van der Waals surface area contributed by atoms with Gasteiger partial charge in [0.1, 0.15) is 5.82 Å². The van der Waals surface area contributed by atoms with Crippen molar-refractivity contribution in [3.8, 4) is 17.1 Å². The second kappa shape index (κ2) is 7.99. The lowest BCUT2D eigenvalue weighted by Gasteiger charge is -2.11. The molecule has 0 radical (unpaired) electrons. The fourth-order valence-corrected chi connectivity index (χ4v) is 3.12. The Morgan fingerprint density at radius 2 is 1.68 bits per heavy atom. The molecule has 4 aromatic rings. The zero-order valence-electron chi connectivity index (χ0n) is 15.9. The predicted octanol–water partition coefficient (Wildman–Crippen LogP) is 3.64. The molecule has 9 nitrogen and oxygen atoms in total. The third-order valence-corrected chi connectivity index (χ3v) is 4.53. The van der Waals surface area contributed by atoms with E-state index in [1.807, 2.05) is 36.4 Å². The Morgan fingerprint density at radius 3 is 2.48 bits per heavy atom. The number of anilines is 2. The molecule has 9 heteroatoms. The Hall–Kier alpha value is -4.66. The first-order valence-corrected chi connectivity index (χ1v) is 9.15. The second-order valence-corrected chi connectivity index (χ2v) is 6.60. The maximum atomic E-state index is 12.5. The van der Waals surface area contributed by atoms with Gasteiger partial charge in [0.15, 0.2) is 5.69 Å². The Bertz CT molecular complexity index is 1370. The Morgan fingerprint density at radius 1 is 0.935 bits per heavy atom. The van der Waals surface area contributed by atoms with Crippen molar-refractivity contribution in [3.05, 3.63) is 82.8 Å². The third-order valence-electron chi connectivity index (χ3n) is 4.53. The predicted molar refractivity (Wildman–Crippen MR) is 116 cm³/mol. The summed E-state index contributed by atoms with van der Waals surface area (Å²) in [7, 11) is 0. The monoisotopic (exact) mass is 416 g/mol. The van der Waals surface area contributed by atoms with Crippen molar-refractivity contribution >= 4 is 34.1 Å². The van der Waals surface area contributed by atoms with Gasteiger partial charge >= 0.3 is 12.0 Å². The topological polar surface area (TPSA) is 144 Å². The summed E-state index contributed by atoms with van der Waals surface area (Å²) >= 11 is 0. The molecule has 31 heavy (non-hydrogen) atoms. The minimum atomic E-state index is -1.53. The van der Waals surface area contributed by atoms with Crippen molar-refractivity contribution in [1.29, 1.82) is 0 Å². The number of amides is 2. The number of aromatic carboxylic acids is 1. The lowest BCUT2D eigenvalue weighted by atomic mass is 10.1. The van der Waals surface area contributed by atoms with Crippen molar-refractivity contribution in [2.24, 2.45) is 0 Å². The number of H-pyrrole nitrogens is 1. The van der Waals surface area contributed by atoms with Crippen LogP contribution in [0.4, 0.5) is 16.2 Å². The van der Waals surface area contributed by atoms with E-state index >= 15 is 0 Å². The van der Waals surface area contributed by atoms with E-state index in [0.29, 0.717) is 16.9 Å². The summed E-state index contributed by atoms with van der Waals surface area (Å²) in [5.74, 6) is -2.56. The summed E-state index contributed by atoms with van der Waals surface area (Å²) in [5.41, 5.74) is -0.354. The van der Waals surface area contributed by atoms with Gasteiger partial charge in [-0.3, -0.25) is 4.79 Å². The highest BCUT2D eigenvalue weighted by atomic mass is 16.4. The normalized spacial score (nSPS) is 10.6. The van der Waals surface area contributed by atoms with Crippen molar-refractivity contribution in [1.82, 2.24) is 9.97 Å². The summed E-state index contributed by atoms with van der Waals surface area (Å²) in [4.78, 5) is 41.6. The number of urea groups is 1. The maximum absolute atomic E-state index is 12.5. The number of aromatic hydroxyl groups is 1. The first-order valence-electron chi connectivity index (χ1n) is 9.15. The summed E-state index contributed by atoms with van der Waals surface area (Å²) in [6, 6.07) is 19.1.